The third-order valence-electron chi connectivity index (χ3n) is 5.06. The van der Waals surface area contributed by atoms with Crippen LogP contribution in [-0.4, -0.2) is 48.6 Å². The fourth-order valence-corrected chi connectivity index (χ4v) is 3.66. The van der Waals surface area contributed by atoms with Gasteiger partial charge in [0.25, 0.3) is 5.91 Å². The molecule has 0 aliphatic carbocycles. The van der Waals surface area contributed by atoms with E-state index in [1.807, 2.05) is 18.2 Å². The highest BCUT2D eigenvalue weighted by Crippen LogP contribution is 2.30. The third kappa shape index (κ3) is 7.35. The molecule has 6 nitrogen and oxygen atoms in total. The van der Waals surface area contributed by atoms with Gasteiger partial charge >= 0.3 is 0 Å². The Balaban J connectivity index is 1.51. The van der Waals surface area contributed by atoms with Crippen LogP contribution >= 0.6 is 23.2 Å². The van der Waals surface area contributed by atoms with E-state index in [-0.39, 0.29) is 12.5 Å². The maximum atomic E-state index is 12.3. The Morgan fingerprint density at radius 1 is 0.970 bits per heavy atom. The molecule has 3 rings (SSSR count). The average Bonchev–Trinajstić information content (AvgIpc) is 2.83. The van der Waals surface area contributed by atoms with Crippen molar-refractivity contribution in [1.82, 2.24) is 9.88 Å². The van der Waals surface area contributed by atoms with E-state index in [9.17, 15) is 4.79 Å². The van der Waals surface area contributed by atoms with E-state index < -0.39 is 0 Å². The molecule has 0 saturated heterocycles. The number of pyridine rings is 1. The van der Waals surface area contributed by atoms with Crippen molar-refractivity contribution in [3.63, 3.8) is 0 Å². The SMILES string of the molecule is CCN(CC)CCOc1ccc(NC(=O)COc2ccc(-c3cccnc3)cc2Cl)cc1Cl. The quantitative estimate of drug-likeness (QED) is 0.370. The minimum absolute atomic E-state index is 0.189. The summed E-state index contributed by atoms with van der Waals surface area (Å²) in [5.74, 6) is 0.682. The van der Waals surface area contributed by atoms with Gasteiger partial charge in [0.2, 0.25) is 0 Å². The van der Waals surface area contributed by atoms with E-state index in [1.54, 1.807) is 42.7 Å². The highest BCUT2D eigenvalue weighted by molar-refractivity contribution is 6.32. The summed E-state index contributed by atoms with van der Waals surface area (Å²) in [6, 6.07) is 14.3. The number of nitrogens with one attached hydrogen (secondary N) is 1. The fraction of sp³-hybridized carbons (Fsp3) is 0.280. The van der Waals surface area contributed by atoms with Gasteiger partial charge in [0, 0.05) is 30.2 Å². The minimum atomic E-state index is -0.325. The summed E-state index contributed by atoms with van der Waals surface area (Å²) in [5.41, 5.74) is 2.42. The molecule has 33 heavy (non-hydrogen) atoms. The molecule has 0 unspecified atom stereocenters. The largest absolute Gasteiger partial charge is 0.491 e. The van der Waals surface area contributed by atoms with Crippen LogP contribution in [0.25, 0.3) is 11.1 Å². The van der Waals surface area contributed by atoms with Gasteiger partial charge in [-0.05, 0) is 55.1 Å². The zero-order valence-corrected chi connectivity index (χ0v) is 20.2. The smallest absolute Gasteiger partial charge is 0.262 e. The topological polar surface area (TPSA) is 63.7 Å². The maximum Gasteiger partial charge on any atom is 0.262 e. The number of ether oxygens (including phenoxy) is 2. The van der Waals surface area contributed by atoms with Crippen molar-refractivity contribution >= 4 is 34.8 Å². The number of halogens is 2. The molecular weight excluding hydrogens is 461 g/mol. The Labute approximate surface area is 204 Å². The lowest BCUT2D eigenvalue weighted by atomic mass is 10.1. The lowest BCUT2D eigenvalue weighted by Gasteiger charge is -2.18. The number of anilines is 1. The number of amides is 1. The van der Waals surface area contributed by atoms with Crippen LogP contribution in [0.5, 0.6) is 11.5 Å². The van der Waals surface area contributed by atoms with Gasteiger partial charge in [0.05, 0.1) is 10.0 Å². The Bertz CT molecular complexity index is 1060. The number of aromatic nitrogens is 1. The van der Waals surface area contributed by atoms with Crippen LogP contribution in [0.15, 0.2) is 60.9 Å². The lowest BCUT2D eigenvalue weighted by molar-refractivity contribution is -0.118. The van der Waals surface area contributed by atoms with Crippen molar-refractivity contribution in [1.29, 1.82) is 0 Å². The van der Waals surface area contributed by atoms with Crippen LogP contribution in [0.1, 0.15) is 13.8 Å². The van der Waals surface area contributed by atoms with Gasteiger partial charge in [-0.25, -0.2) is 0 Å². The van der Waals surface area contributed by atoms with Gasteiger partial charge in [0.15, 0.2) is 6.61 Å². The molecule has 1 amide bonds. The zero-order chi connectivity index (χ0) is 23.6. The molecule has 8 heteroatoms. The number of hydrogen-bond acceptors (Lipinski definition) is 5. The molecule has 3 aromatic rings. The molecule has 0 bridgehead atoms. The monoisotopic (exact) mass is 487 g/mol. The predicted octanol–water partition coefficient (Wildman–Crippen LogP) is 5.79. The summed E-state index contributed by atoms with van der Waals surface area (Å²) < 4.78 is 11.4. The number of carbonyl (C=O) groups excluding carboxylic acids is 1. The molecule has 0 aliphatic rings. The Morgan fingerprint density at radius 2 is 1.70 bits per heavy atom. The molecule has 1 heterocycles. The van der Waals surface area contributed by atoms with E-state index in [0.717, 1.165) is 30.8 Å². The van der Waals surface area contributed by atoms with Crippen molar-refractivity contribution < 1.29 is 14.3 Å². The number of rotatable bonds is 11. The van der Waals surface area contributed by atoms with E-state index in [2.05, 4.69) is 29.0 Å². The lowest BCUT2D eigenvalue weighted by Crippen LogP contribution is -2.27. The highest BCUT2D eigenvalue weighted by atomic mass is 35.5. The normalized spacial score (nSPS) is 10.8. The maximum absolute atomic E-state index is 12.3. The van der Waals surface area contributed by atoms with Crippen LogP contribution in [0.2, 0.25) is 10.0 Å². The summed E-state index contributed by atoms with van der Waals surface area (Å²) >= 11 is 12.6. The Morgan fingerprint density at radius 3 is 2.36 bits per heavy atom. The molecule has 0 radical (unpaired) electrons. The molecule has 0 atom stereocenters. The molecule has 0 aliphatic heterocycles. The molecular formula is C25H27Cl2N3O3. The molecule has 174 valence electrons. The molecule has 1 N–H and O–H groups in total. The van der Waals surface area contributed by atoms with Gasteiger partial charge < -0.3 is 19.7 Å². The fourth-order valence-electron chi connectivity index (χ4n) is 3.19. The second-order valence-electron chi connectivity index (χ2n) is 7.24. The number of likely N-dealkylation sites (N-methyl/N-ethyl adjacent to an activating group) is 1. The molecule has 0 saturated carbocycles. The number of carbonyl (C=O) groups is 1. The van der Waals surface area contributed by atoms with Crippen LogP contribution in [0, 0.1) is 0 Å². The number of nitrogens with zero attached hydrogens (tertiary/aromatic N) is 2. The number of benzene rings is 2. The average molecular weight is 488 g/mol. The van der Waals surface area contributed by atoms with Gasteiger partial charge in [-0.15, -0.1) is 0 Å². The highest BCUT2D eigenvalue weighted by Gasteiger charge is 2.10. The summed E-state index contributed by atoms with van der Waals surface area (Å²) in [6.07, 6.45) is 3.47. The van der Waals surface area contributed by atoms with E-state index >= 15 is 0 Å². The first-order valence-electron chi connectivity index (χ1n) is 10.8. The van der Waals surface area contributed by atoms with Crippen LogP contribution in [-0.2, 0) is 4.79 Å². The van der Waals surface area contributed by atoms with Gasteiger partial charge in [-0.3, -0.25) is 9.78 Å². The summed E-state index contributed by atoms with van der Waals surface area (Å²) in [5, 5.41) is 3.61. The van der Waals surface area contributed by atoms with Crippen molar-refractivity contribution in [3.8, 4) is 22.6 Å². The molecule has 2 aromatic carbocycles. The molecule has 0 fully saturated rings. The summed E-state index contributed by atoms with van der Waals surface area (Å²) in [7, 11) is 0. The van der Waals surface area contributed by atoms with Crippen molar-refractivity contribution in [2.75, 3.05) is 38.2 Å². The second-order valence-corrected chi connectivity index (χ2v) is 8.06. The van der Waals surface area contributed by atoms with Crippen LogP contribution in [0.4, 0.5) is 5.69 Å². The van der Waals surface area contributed by atoms with Crippen molar-refractivity contribution in [2.24, 2.45) is 0 Å². The van der Waals surface area contributed by atoms with Gasteiger partial charge in [-0.1, -0.05) is 49.2 Å². The second kappa shape index (κ2) is 12.4. The van der Waals surface area contributed by atoms with Crippen LogP contribution < -0.4 is 14.8 Å². The first-order valence-corrected chi connectivity index (χ1v) is 11.5. The van der Waals surface area contributed by atoms with Crippen molar-refractivity contribution in [3.05, 3.63) is 71.0 Å². The van der Waals surface area contributed by atoms with E-state index in [1.165, 1.54) is 0 Å². The standard InChI is InChI=1S/C25H27Cl2N3O3/c1-3-30(4-2)12-13-32-23-10-8-20(15-22(23)27)29-25(31)17-33-24-9-7-18(14-21(24)26)19-6-5-11-28-16-19/h5-11,14-16H,3-4,12-13,17H2,1-2H3,(H,29,31). The summed E-state index contributed by atoms with van der Waals surface area (Å²) in [4.78, 5) is 18.7. The predicted molar refractivity (Wildman–Crippen MR) is 134 cm³/mol. The number of hydrogen-bond donors (Lipinski definition) is 1. The van der Waals surface area contributed by atoms with E-state index in [4.69, 9.17) is 32.7 Å². The first kappa shape index (κ1) is 24.8. The van der Waals surface area contributed by atoms with E-state index in [0.29, 0.717) is 33.8 Å². The zero-order valence-electron chi connectivity index (χ0n) is 18.7. The first-order chi connectivity index (χ1) is 16.0. The van der Waals surface area contributed by atoms with Gasteiger partial charge in [-0.2, -0.15) is 0 Å². The molecule has 1 aromatic heterocycles. The Kier molecular flexibility index (Phi) is 9.36. The van der Waals surface area contributed by atoms with Crippen molar-refractivity contribution in [2.45, 2.75) is 13.8 Å². The van der Waals surface area contributed by atoms with Gasteiger partial charge in [0.1, 0.15) is 18.1 Å². The summed E-state index contributed by atoms with van der Waals surface area (Å²) in [6.45, 7) is 7.35. The minimum Gasteiger partial charge on any atom is -0.491 e. The Hall–Kier alpha value is -2.80. The molecule has 0 spiro atoms. The third-order valence-corrected chi connectivity index (χ3v) is 5.65. The van der Waals surface area contributed by atoms with Crippen LogP contribution in [0.3, 0.4) is 0 Å².